The smallest absolute Gasteiger partial charge is 0.179 e. The third kappa shape index (κ3) is 6.31. The summed E-state index contributed by atoms with van der Waals surface area (Å²) in [7, 11) is 1.67. The molecule has 6 heteroatoms. The van der Waals surface area contributed by atoms with E-state index in [9.17, 15) is 0 Å². The van der Waals surface area contributed by atoms with Crippen molar-refractivity contribution in [2.45, 2.75) is 26.9 Å². The summed E-state index contributed by atoms with van der Waals surface area (Å²) in [4.78, 5) is 0. The van der Waals surface area contributed by atoms with E-state index in [0.29, 0.717) is 36.3 Å². The van der Waals surface area contributed by atoms with Crippen molar-refractivity contribution in [3.05, 3.63) is 52.5 Å². The van der Waals surface area contributed by atoms with E-state index in [0.717, 1.165) is 17.9 Å². The first-order valence-corrected chi connectivity index (χ1v) is 8.47. The summed E-state index contributed by atoms with van der Waals surface area (Å²) in [6, 6.07) is 11.9. The quantitative estimate of drug-likeness (QED) is 0.709. The average molecular weight is 385 g/mol. The van der Waals surface area contributed by atoms with Gasteiger partial charge in [0.1, 0.15) is 5.75 Å². The Hall–Kier alpha value is -1.62. The molecule has 2 aromatic rings. The third-order valence-corrected chi connectivity index (χ3v) is 3.76. The highest BCUT2D eigenvalue weighted by atomic mass is 35.5. The molecule has 2 rings (SSSR count). The summed E-state index contributed by atoms with van der Waals surface area (Å²) < 4.78 is 16.4. The molecule has 0 aliphatic heterocycles. The number of methoxy groups -OCH3 is 1. The Morgan fingerprint density at radius 2 is 1.56 bits per heavy atom. The predicted octanol–water partition coefficient (Wildman–Crippen LogP) is 1.44. The van der Waals surface area contributed by atoms with Crippen LogP contribution >= 0.6 is 11.6 Å². The fraction of sp³-hybridized carbons (Fsp3) is 0.368. The first kappa shape index (κ1) is 21.4. The Morgan fingerprint density at radius 3 is 2.16 bits per heavy atom. The maximum atomic E-state index is 6.33. The highest BCUT2D eigenvalue weighted by Crippen LogP contribution is 2.36. The van der Waals surface area contributed by atoms with Gasteiger partial charge in [0, 0.05) is 13.1 Å². The second-order valence-electron chi connectivity index (χ2n) is 5.22. The summed E-state index contributed by atoms with van der Waals surface area (Å²) in [5, 5.41) is 3.98. The molecule has 0 saturated heterocycles. The predicted molar refractivity (Wildman–Crippen MR) is 97.3 cm³/mol. The van der Waals surface area contributed by atoms with E-state index in [4.69, 9.17) is 25.8 Å². The number of hydrogen-bond donors (Lipinski definition) is 1. The number of halogens is 2. The van der Waals surface area contributed by atoms with Crippen LogP contribution < -0.4 is 31.9 Å². The first-order valence-electron chi connectivity index (χ1n) is 8.09. The largest absolute Gasteiger partial charge is 1.00 e. The zero-order chi connectivity index (χ0) is 17.4. The maximum absolute atomic E-state index is 6.33. The highest BCUT2D eigenvalue weighted by Gasteiger charge is 2.12. The fourth-order valence-electron chi connectivity index (χ4n) is 2.37. The Labute approximate surface area is 160 Å². The van der Waals surface area contributed by atoms with Gasteiger partial charge in [-0.2, -0.15) is 0 Å². The van der Waals surface area contributed by atoms with Crippen molar-refractivity contribution in [1.29, 1.82) is 0 Å². The highest BCUT2D eigenvalue weighted by molar-refractivity contribution is 6.32. The molecule has 0 bridgehead atoms. The van der Waals surface area contributed by atoms with Gasteiger partial charge in [0.25, 0.3) is 0 Å². The van der Waals surface area contributed by atoms with Gasteiger partial charge in [-0.1, -0.05) is 23.7 Å². The van der Waals surface area contributed by atoms with E-state index >= 15 is 0 Å². The normalized spacial score (nSPS) is 10.1. The molecule has 0 aliphatic carbocycles. The molecule has 4 nitrogen and oxygen atoms in total. The lowest BCUT2D eigenvalue weighted by atomic mass is 10.1. The summed E-state index contributed by atoms with van der Waals surface area (Å²) >= 11 is 6.33. The van der Waals surface area contributed by atoms with E-state index in [1.165, 1.54) is 5.56 Å². The number of rotatable bonds is 9. The summed E-state index contributed by atoms with van der Waals surface area (Å²) in [5.74, 6) is 2.16. The zero-order valence-electron chi connectivity index (χ0n) is 14.8. The van der Waals surface area contributed by atoms with Gasteiger partial charge in [0.15, 0.2) is 11.5 Å². The summed E-state index contributed by atoms with van der Waals surface area (Å²) in [5.41, 5.74) is 2.25. The van der Waals surface area contributed by atoms with Gasteiger partial charge in [0.2, 0.25) is 0 Å². The van der Waals surface area contributed by atoms with E-state index in [1.54, 1.807) is 7.11 Å². The van der Waals surface area contributed by atoms with Crippen molar-refractivity contribution in [2.24, 2.45) is 0 Å². The van der Waals surface area contributed by atoms with Crippen molar-refractivity contribution >= 4 is 11.6 Å². The average Bonchev–Trinajstić information content (AvgIpc) is 2.59. The van der Waals surface area contributed by atoms with Crippen LogP contribution in [0.15, 0.2) is 36.4 Å². The number of benzene rings is 2. The number of hydrogen-bond acceptors (Lipinski definition) is 4. The Morgan fingerprint density at radius 1 is 0.920 bits per heavy atom. The van der Waals surface area contributed by atoms with E-state index in [1.807, 2.05) is 50.2 Å². The van der Waals surface area contributed by atoms with Crippen LogP contribution in [0.25, 0.3) is 0 Å². The molecule has 0 aromatic heterocycles. The lowest BCUT2D eigenvalue weighted by Gasteiger charge is -2.14. The number of ether oxygens (including phenoxy) is 3. The Bertz CT molecular complexity index is 648. The van der Waals surface area contributed by atoms with Crippen LogP contribution in [0.1, 0.15) is 25.0 Å². The topological polar surface area (TPSA) is 39.7 Å². The molecule has 25 heavy (non-hydrogen) atoms. The van der Waals surface area contributed by atoms with Crippen LogP contribution in [-0.2, 0) is 13.1 Å². The second-order valence-corrected chi connectivity index (χ2v) is 5.63. The standard InChI is InChI=1S/C19H24ClNO3.ClH/c1-4-23-18-11-15(10-17(20)19(18)24-5-2)13-21-12-14-6-8-16(22-3)9-7-14;/h6-11,21H,4-5,12-13H2,1-3H3;1H/p-1. The lowest BCUT2D eigenvalue weighted by molar-refractivity contribution is -0.00000614. The van der Waals surface area contributed by atoms with Gasteiger partial charge in [0.05, 0.1) is 25.3 Å². The molecule has 1 N–H and O–H groups in total. The van der Waals surface area contributed by atoms with Crippen LogP contribution in [0.5, 0.6) is 17.2 Å². The van der Waals surface area contributed by atoms with Crippen LogP contribution in [0.4, 0.5) is 0 Å². The van der Waals surface area contributed by atoms with Gasteiger partial charge < -0.3 is 31.9 Å². The van der Waals surface area contributed by atoms with Crippen molar-refractivity contribution in [1.82, 2.24) is 5.32 Å². The summed E-state index contributed by atoms with van der Waals surface area (Å²) in [6.07, 6.45) is 0. The minimum Gasteiger partial charge on any atom is -1.00 e. The molecule has 0 aliphatic rings. The SMILES string of the molecule is CCOc1cc(CNCc2ccc(OC)cc2)cc(Cl)c1OCC.[Cl-]. The Balaban J connectivity index is 0.00000312. The van der Waals surface area contributed by atoms with Crippen LogP contribution in [0, 0.1) is 0 Å². The van der Waals surface area contributed by atoms with Gasteiger partial charge in [-0.15, -0.1) is 0 Å². The summed E-state index contributed by atoms with van der Waals surface area (Å²) in [6.45, 7) is 6.44. The molecule has 0 atom stereocenters. The van der Waals surface area contributed by atoms with Crippen LogP contribution in [0.2, 0.25) is 5.02 Å². The maximum Gasteiger partial charge on any atom is 0.179 e. The monoisotopic (exact) mass is 384 g/mol. The third-order valence-electron chi connectivity index (χ3n) is 3.48. The van der Waals surface area contributed by atoms with E-state index in [2.05, 4.69) is 5.32 Å². The van der Waals surface area contributed by atoms with Gasteiger partial charge >= 0.3 is 0 Å². The van der Waals surface area contributed by atoms with Crippen LogP contribution in [0.3, 0.4) is 0 Å². The molecule has 138 valence electrons. The second kappa shape index (κ2) is 11.1. The molecule has 0 fully saturated rings. The molecular formula is C19H24Cl2NO3-. The molecule has 2 aromatic carbocycles. The van der Waals surface area contributed by atoms with Crippen molar-refractivity contribution in [3.8, 4) is 17.2 Å². The molecule has 0 heterocycles. The first-order chi connectivity index (χ1) is 11.7. The van der Waals surface area contributed by atoms with E-state index < -0.39 is 0 Å². The Kier molecular flexibility index (Phi) is 9.50. The molecule has 0 unspecified atom stereocenters. The zero-order valence-corrected chi connectivity index (χ0v) is 16.3. The molecule has 0 saturated carbocycles. The minimum atomic E-state index is 0. The van der Waals surface area contributed by atoms with Gasteiger partial charge in [-0.3, -0.25) is 0 Å². The van der Waals surface area contributed by atoms with E-state index in [-0.39, 0.29) is 12.4 Å². The fourth-order valence-corrected chi connectivity index (χ4v) is 2.65. The molecule has 0 amide bonds. The minimum absolute atomic E-state index is 0. The van der Waals surface area contributed by atoms with Crippen molar-refractivity contribution in [3.63, 3.8) is 0 Å². The molecular weight excluding hydrogens is 361 g/mol. The molecule has 0 spiro atoms. The van der Waals surface area contributed by atoms with Gasteiger partial charge in [-0.25, -0.2) is 0 Å². The number of nitrogens with one attached hydrogen (secondary N) is 1. The van der Waals surface area contributed by atoms with Crippen molar-refractivity contribution in [2.75, 3.05) is 20.3 Å². The lowest BCUT2D eigenvalue weighted by Crippen LogP contribution is -3.00. The van der Waals surface area contributed by atoms with Crippen molar-refractivity contribution < 1.29 is 26.6 Å². The van der Waals surface area contributed by atoms with Crippen LogP contribution in [-0.4, -0.2) is 20.3 Å². The molecule has 0 radical (unpaired) electrons. The van der Waals surface area contributed by atoms with Gasteiger partial charge in [-0.05, 0) is 49.2 Å².